The van der Waals surface area contributed by atoms with Crippen LogP contribution in [0.1, 0.15) is 31.2 Å². The molecule has 0 heterocycles. The number of hydrogen-bond donors (Lipinski definition) is 0. The lowest BCUT2D eigenvalue weighted by Gasteiger charge is -2.31. The van der Waals surface area contributed by atoms with Crippen LogP contribution in [0.3, 0.4) is 0 Å². The van der Waals surface area contributed by atoms with Gasteiger partial charge in [-0.2, -0.15) is 0 Å². The molecule has 1 fully saturated rings. The van der Waals surface area contributed by atoms with Crippen LogP contribution in [0.4, 0.5) is 8.78 Å². The van der Waals surface area contributed by atoms with Gasteiger partial charge in [-0.05, 0) is 41.5 Å². The highest BCUT2D eigenvalue weighted by Crippen LogP contribution is 2.39. The Kier molecular flexibility index (Phi) is 4.17. The third-order valence-electron chi connectivity index (χ3n) is 4.52. The van der Waals surface area contributed by atoms with Gasteiger partial charge in [0.1, 0.15) is 0 Å². The summed E-state index contributed by atoms with van der Waals surface area (Å²) >= 11 is 6.49. The van der Waals surface area contributed by atoms with E-state index in [1.165, 1.54) is 16.3 Å². The number of hydrogen-bond acceptors (Lipinski definition) is 0. The first-order valence-corrected chi connectivity index (χ1v) is 7.97. The van der Waals surface area contributed by atoms with Crippen LogP contribution < -0.4 is 0 Å². The van der Waals surface area contributed by atoms with Gasteiger partial charge in [-0.3, -0.25) is 0 Å². The zero-order chi connectivity index (χ0) is 14.9. The van der Waals surface area contributed by atoms with Gasteiger partial charge in [0.05, 0.1) is 0 Å². The fourth-order valence-electron chi connectivity index (χ4n) is 3.18. The molecule has 1 aliphatic rings. The standard InChI is InChI=1S/C18H19ClF2/c19-17(15-7-9-18(20,21)10-8-15)12-13-5-6-14-3-1-2-4-16(14)11-13/h1-6,11,15,17H,7-10,12H2. The fraction of sp³-hybridized carbons (Fsp3) is 0.444. The monoisotopic (exact) mass is 308 g/mol. The summed E-state index contributed by atoms with van der Waals surface area (Å²) in [6.45, 7) is 0. The van der Waals surface area contributed by atoms with E-state index in [2.05, 4.69) is 30.3 Å². The van der Waals surface area contributed by atoms with Crippen LogP contribution in [-0.4, -0.2) is 11.3 Å². The zero-order valence-corrected chi connectivity index (χ0v) is 12.6. The third kappa shape index (κ3) is 3.55. The summed E-state index contributed by atoms with van der Waals surface area (Å²) in [5, 5.41) is 2.36. The Labute approximate surface area is 129 Å². The molecule has 0 nitrogen and oxygen atoms in total. The second-order valence-electron chi connectivity index (χ2n) is 6.10. The van der Waals surface area contributed by atoms with Crippen LogP contribution in [0.15, 0.2) is 42.5 Å². The van der Waals surface area contributed by atoms with Crippen LogP contribution in [0.5, 0.6) is 0 Å². The van der Waals surface area contributed by atoms with Crippen molar-refractivity contribution < 1.29 is 8.78 Å². The van der Waals surface area contributed by atoms with Crippen LogP contribution in [0.2, 0.25) is 0 Å². The lowest BCUT2D eigenvalue weighted by Crippen LogP contribution is -2.29. The molecule has 112 valence electrons. The van der Waals surface area contributed by atoms with Gasteiger partial charge in [-0.15, -0.1) is 11.6 Å². The van der Waals surface area contributed by atoms with Crippen molar-refractivity contribution in [3.05, 3.63) is 48.0 Å². The van der Waals surface area contributed by atoms with Gasteiger partial charge in [-0.1, -0.05) is 42.5 Å². The predicted octanol–water partition coefficient (Wildman–Crippen LogP) is 5.82. The summed E-state index contributed by atoms with van der Waals surface area (Å²) in [4.78, 5) is 0. The molecule has 3 rings (SSSR count). The topological polar surface area (TPSA) is 0 Å². The molecule has 0 bridgehead atoms. The molecule has 1 unspecified atom stereocenters. The van der Waals surface area contributed by atoms with Gasteiger partial charge in [-0.25, -0.2) is 8.78 Å². The molecule has 0 spiro atoms. The van der Waals surface area contributed by atoms with Gasteiger partial charge >= 0.3 is 0 Å². The van der Waals surface area contributed by atoms with Crippen molar-refractivity contribution in [1.29, 1.82) is 0 Å². The summed E-state index contributed by atoms with van der Waals surface area (Å²) in [5.41, 5.74) is 1.19. The summed E-state index contributed by atoms with van der Waals surface area (Å²) in [6, 6.07) is 14.6. The fourth-order valence-corrected chi connectivity index (χ4v) is 3.61. The molecule has 21 heavy (non-hydrogen) atoms. The molecule has 1 aliphatic carbocycles. The molecule has 0 aliphatic heterocycles. The van der Waals surface area contributed by atoms with Crippen LogP contribution in [-0.2, 0) is 6.42 Å². The molecular weight excluding hydrogens is 290 g/mol. The van der Waals surface area contributed by atoms with Crippen molar-refractivity contribution in [1.82, 2.24) is 0 Å². The third-order valence-corrected chi connectivity index (χ3v) is 5.03. The summed E-state index contributed by atoms with van der Waals surface area (Å²) in [7, 11) is 0. The number of rotatable bonds is 3. The highest BCUT2D eigenvalue weighted by molar-refractivity contribution is 6.21. The first kappa shape index (κ1) is 14.8. The van der Waals surface area contributed by atoms with Crippen molar-refractivity contribution in [2.45, 2.75) is 43.4 Å². The molecule has 2 aromatic carbocycles. The van der Waals surface area contributed by atoms with Crippen molar-refractivity contribution in [3.8, 4) is 0 Å². The van der Waals surface area contributed by atoms with Crippen molar-refractivity contribution in [2.24, 2.45) is 5.92 Å². The first-order chi connectivity index (χ1) is 10.0. The maximum Gasteiger partial charge on any atom is 0.248 e. The molecular formula is C18H19ClF2. The summed E-state index contributed by atoms with van der Waals surface area (Å²) in [5.74, 6) is -2.27. The maximum absolute atomic E-state index is 13.2. The Morgan fingerprint density at radius 2 is 1.71 bits per heavy atom. The Hall–Kier alpha value is -1.15. The van der Waals surface area contributed by atoms with E-state index in [0.29, 0.717) is 12.8 Å². The Bertz CT molecular complexity index is 613. The van der Waals surface area contributed by atoms with Crippen LogP contribution >= 0.6 is 11.6 Å². The van der Waals surface area contributed by atoms with E-state index in [4.69, 9.17) is 11.6 Å². The Morgan fingerprint density at radius 3 is 2.43 bits per heavy atom. The Balaban J connectivity index is 1.67. The average molecular weight is 309 g/mol. The van der Waals surface area contributed by atoms with Crippen LogP contribution in [0.25, 0.3) is 10.8 Å². The van der Waals surface area contributed by atoms with E-state index < -0.39 is 5.92 Å². The number of fused-ring (bicyclic) bond motifs is 1. The molecule has 1 atom stereocenters. The second kappa shape index (κ2) is 5.92. The maximum atomic E-state index is 13.2. The van der Waals surface area contributed by atoms with Crippen LogP contribution in [0, 0.1) is 5.92 Å². The van der Waals surface area contributed by atoms with Crippen molar-refractivity contribution in [3.63, 3.8) is 0 Å². The second-order valence-corrected chi connectivity index (χ2v) is 6.66. The number of benzene rings is 2. The summed E-state index contributed by atoms with van der Waals surface area (Å²) < 4.78 is 26.4. The normalized spacial score (nSPS) is 20.5. The largest absolute Gasteiger partial charge is 0.248 e. The van der Waals surface area contributed by atoms with Crippen molar-refractivity contribution >= 4 is 22.4 Å². The van der Waals surface area contributed by atoms with E-state index in [0.717, 1.165) is 6.42 Å². The van der Waals surface area contributed by atoms with E-state index in [1.54, 1.807) is 0 Å². The minimum absolute atomic E-state index is 0.0153. The van der Waals surface area contributed by atoms with Gasteiger partial charge in [0.15, 0.2) is 0 Å². The van der Waals surface area contributed by atoms with E-state index in [-0.39, 0.29) is 24.1 Å². The minimum atomic E-state index is -2.48. The lowest BCUT2D eigenvalue weighted by molar-refractivity contribution is -0.0459. The lowest BCUT2D eigenvalue weighted by atomic mass is 9.83. The van der Waals surface area contributed by atoms with Gasteiger partial charge < -0.3 is 0 Å². The van der Waals surface area contributed by atoms with E-state index in [1.807, 2.05) is 12.1 Å². The summed E-state index contributed by atoms with van der Waals surface area (Å²) in [6.07, 6.45) is 1.79. The highest BCUT2D eigenvalue weighted by atomic mass is 35.5. The van der Waals surface area contributed by atoms with E-state index in [9.17, 15) is 8.78 Å². The average Bonchev–Trinajstić information content (AvgIpc) is 2.47. The molecule has 1 saturated carbocycles. The smallest absolute Gasteiger partial charge is 0.207 e. The Morgan fingerprint density at radius 1 is 1.05 bits per heavy atom. The zero-order valence-electron chi connectivity index (χ0n) is 11.9. The van der Waals surface area contributed by atoms with Crippen molar-refractivity contribution in [2.75, 3.05) is 0 Å². The molecule has 0 N–H and O–H groups in total. The molecule has 0 radical (unpaired) electrons. The molecule has 0 amide bonds. The molecule has 3 heteroatoms. The molecule has 0 aromatic heterocycles. The van der Waals surface area contributed by atoms with Gasteiger partial charge in [0, 0.05) is 18.2 Å². The SMILES string of the molecule is FC1(F)CCC(C(Cl)Cc2ccc3ccccc3c2)CC1. The van der Waals surface area contributed by atoms with Gasteiger partial charge in [0.2, 0.25) is 5.92 Å². The highest BCUT2D eigenvalue weighted by Gasteiger charge is 2.37. The first-order valence-electron chi connectivity index (χ1n) is 7.53. The predicted molar refractivity (Wildman–Crippen MR) is 84.2 cm³/mol. The van der Waals surface area contributed by atoms with Gasteiger partial charge in [0.25, 0.3) is 0 Å². The number of halogens is 3. The molecule has 0 saturated heterocycles. The van der Waals surface area contributed by atoms with E-state index >= 15 is 0 Å². The minimum Gasteiger partial charge on any atom is -0.207 e. The molecule has 2 aromatic rings. The quantitative estimate of drug-likeness (QED) is 0.627. The number of alkyl halides is 3.